The van der Waals surface area contributed by atoms with E-state index in [0.29, 0.717) is 0 Å². The van der Waals surface area contributed by atoms with Crippen LogP contribution in [0.1, 0.15) is 17.0 Å². The van der Waals surface area contributed by atoms with E-state index in [9.17, 15) is 0 Å². The number of oxazole rings is 1. The van der Waals surface area contributed by atoms with Gasteiger partial charge in [0.25, 0.3) is 0 Å². The van der Waals surface area contributed by atoms with Crippen molar-refractivity contribution in [1.82, 2.24) is 15.5 Å². The maximum absolute atomic E-state index is 5.32. The van der Waals surface area contributed by atoms with Crippen molar-refractivity contribution in [3.05, 3.63) is 23.4 Å². The van der Waals surface area contributed by atoms with Crippen LogP contribution in [0.15, 0.2) is 15.3 Å². The Bertz CT molecular complexity index is 487. The SMILES string of the molecule is Cc1ncoc1-c1noc2c1CCNC2. The van der Waals surface area contributed by atoms with Crippen LogP contribution in [0.4, 0.5) is 0 Å². The number of hydrogen-bond acceptors (Lipinski definition) is 5. The van der Waals surface area contributed by atoms with Gasteiger partial charge >= 0.3 is 0 Å². The van der Waals surface area contributed by atoms with Crippen LogP contribution >= 0.6 is 0 Å². The van der Waals surface area contributed by atoms with E-state index in [1.165, 1.54) is 6.39 Å². The molecule has 1 aliphatic heterocycles. The van der Waals surface area contributed by atoms with E-state index in [4.69, 9.17) is 8.94 Å². The zero-order valence-corrected chi connectivity index (χ0v) is 8.41. The molecular weight excluding hydrogens is 194 g/mol. The fraction of sp³-hybridized carbons (Fsp3) is 0.400. The summed E-state index contributed by atoms with van der Waals surface area (Å²) in [7, 11) is 0. The Morgan fingerprint density at radius 3 is 3.20 bits per heavy atom. The van der Waals surface area contributed by atoms with Gasteiger partial charge in [0.2, 0.25) is 0 Å². The summed E-state index contributed by atoms with van der Waals surface area (Å²) in [5.74, 6) is 1.63. The second kappa shape index (κ2) is 3.20. The second-order valence-corrected chi connectivity index (χ2v) is 3.63. The minimum Gasteiger partial charge on any atom is -0.441 e. The van der Waals surface area contributed by atoms with E-state index < -0.39 is 0 Å². The van der Waals surface area contributed by atoms with Crippen molar-refractivity contribution in [2.24, 2.45) is 0 Å². The molecule has 1 N–H and O–H groups in total. The first kappa shape index (κ1) is 8.67. The number of fused-ring (bicyclic) bond motifs is 1. The normalized spacial score (nSPS) is 15.3. The zero-order chi connectivity index (χ0) is 10.3. The lowest BCUT2D eigenvalue weighted by Gasteiger charge is -2.10. The van der Waals surface area contributed by atoms with Gasteiger partial charge in [-0.05, 0) is 19.9 Å². The van der Waals surface area contributed by atoms with Gasteiger partial charge < -0.3 is 14.3 Å². The fourth-order valence-electron chi connectivity index (χ4n) is 1.86. The molecule has 0 aromatic carbocycles. The summed E-state index contributed by atoms with van der Waals surface area (Å²) >= 11 is 0. The van der Waals surface area contributed by atoms with Crippen LogP contribution in [0.2, 0.25) is 0 Å². The molecule has 3 heterocycles. The largest absolute Gasteiger partial charge is 0.441 e. The monoisotopic (exact) mass is 205 g/mol. The molecule has 0 atom stereocenters. The van der Waals surface area contributed by atoms with Crippen molar-refractivity contribution in [2.75, 3.05) is 6.54 Å². The van der Waals surface area contributed by atoms with Crippen LogP contribution in [0, 0.1) is 6.92 Å². The molecule has 3 rings (SSSR count). The Morgan fingerprint density at radius 1 is 1.47 bits per heavy atom. The summed E-state index contributed by atoms with van der Waals surface area (Å²) in [4.78, 5) is 4.06. The van der Waals surface area contributed by atoms with Crippen LogP contribution in [0.25, 0.3) is 11.5 Å². The van der Waals surface area contributed by atoms with Gasteiger partial charge in [-0.1, -0.05) is 5.16 Å². The van der Waals surface area contributed by atoms with Crippen LogP contribution in [0.5, 0.6) is 0 Å². The van der Waals surface area contributed by atoms with E-state index >= 15 is 0 Å². The summed E-state index contributed by atoms with van der Waals surface area (Å²) in [5.41, 5.74) is 2.81. The van der Waals surface area contributed by atoms with Gasteiger partial charge in [0.15, 0.2) is 23.6 Å². The molecule has 0 radical (unpaired) electrons. The highest BCUT2D eigenvalue weighted by Gasteiger charge is 2.23. The van der Waals surface area contributed by atoms with Gasteiger partial charge in [-0.2, -0.15) is 0 Å². The molecule has 78 valence electrons. The van der Waals surface area contributed by atoms with Crippen molar-refractivity contribution >= 4 is 0 Å². The van der Waals surface area contributed by atoms with Crippen LogP contribution in [0.3, 0.4) is 0 Å². The predicted octanol–water partition coefficient (Wildman–Crippen LogP) is 1.28. The Labute approximate surface area is 86.5 Å². The van der Waals surface area contributed by atoms with Gasteiger partial charge in [-0.15, -0.1) is 0 Å². The topological polar surface area (TPSA) is 64.1 Å². The number of rotatable bonds is 1. The Balaban J connectivity index is 2.13. The molecule has 0 fully saturated rings. The highest BCUT2D eigenvalue weighted by molar-refractivity contribution is 5.60. The van der Waals surface area contributed by atoms with Gasteiger partial charge in [0.05, 0.1) is 12.2 Å². The molecule has 0 amide bonds. The third-order valence-corrected chi connectivity index (χ3v) is 2.67. The predicted molar refractivity (Wildman–Crippen MR) is 52.1 cm³/mol. The standard InChI is InChI=1S/C10H11N3O2/c1-6-10(14-5-12-6)9-7-2-3-11-4-8(7)15-13-9/h5,11H,2-4H2,1H3. The molecule has 0 saturated heterocycles. The number of nitrogens with zero attached hydrogens (tertiary/aromatic N) is 2. The summed E-state index contributed by atoms with van der Waals surface area (Å²) in [5, 5.41) is 7.29. The molecule has 0 bridgehead atoms. The van der Waals surface area contributed by atoms with Crippen LogP contribution in [-0.2, 0) is 13.0 Å². The molecule has 5 heteroatoms. The van der Waals surface area contributed by atoms with Crippen molar-refractivity contribution in [1.29, 1.82) is 0 Å². The van der Waals surface area contributed by atoms with Gasteiger partial charge in [0, 0.05) is 5.56 Å². The summed E-state index contributed by atoms with van der Waals surface area (Å²) in [6.07, 6.45) is 2.36. The minimum absolute atomic E-state index is 0.724. The summed E-state index contributed by atoms with van der Waals surface area (Å²) in [6, 6.07) is 0. The Hall–Kier alpha value is -1.62. The van der Waals surface area contributed by atoms with Gasteiger partial charge in [0.1, 0.15) is 0 Å². The third kappa shape index (κ3) is 1.27. The molecular formula is C10H11N3O2. The quantitative estimate of drug-likeness (QED) is 0.759. The van der Waals surface area contributed by atoms with E-state index in [1.807, 2.05) is 6.92 Å². The maximum atomic E-state index is 5.32. The van der Waals surface area contributed by atoms with Gasteiger partial charge in [-0.25, -0.2) is 4.98 Å². The average Bonchev–Trinajstić information content (AvgIpc) is 2.83. The molecule has 0 aliphatic carbocycles. The third-order valence-electron chi connectivity index (χ3n) is 2.67. The number of aromatic nitrogens is 2. The lowest BCUT2D eigenvalue weighted by Crippen LogP contribution is -2.22. The smallest absolute Gasteiger partial charge is 0.181 e. The summed E-state index contributed by atoms with van der Waals surface area (Å²) < 4.78 is 10.6. The van der Waals surface area contributed by atoms with Crippen molar-refractivity contribution in [3.8, 4) is 11.5 Å². The first-order chi connectivity index (χ1) is 7.36. The highest BCUT2D eigenvalue weighted by atomic mass is 16.5. The Morgan fingerprint density at radius 2 is 2.40 bits per heavy atom. The van der Waals surface area contributed by atoms with E-state index in [1.54, 1.807) is 0 Å². The van der Waals surface area contributed by atoms with Crippen molar-refractivity contribution in [3.63, 3.8) is 0 Å². The first-order valence-electron chi connectivity index (χ1n) is 4.95. The van der Waals surface area contributed by atoms with E-state index in [2.05, 4.69) is 15.5 Å². The Kier molecular flexibility index (Phi) is 1.85. The lowest BCUT2D eigenvalue weighted by molar-refractivity contribution is 0.366. The van der Waals surface area contributed by atoms with Crippen molar-refractivity contribution < 1.29 is 8.94 Å². The minimum atomic E-state index is 0.724. The molecule has 1 aliphatic rings. The van der Waals surface area contributed by atoms with Crippen LogP contribution < -0.4 is 5.32 Å². The molecule has 5 nitrogen and oxygen atoms in total. The van der Waals surface area contributed by atoms with E-state index in [0.717, 1.165) is 48.0 Å². The van der Waals surface area contributed by atoms with Crippen LogP contribution in [-0.4, -0.2) is 16.7 Å². The molecule has 2 aromatic rings. The average molecular weight is 205 g/mol. The molecule has 15 heavy (non-hydrogen) atoms. The number of aryl methyl sites for hydroxylation is 1. The van der Waals surface area contributed by atoms with Crippen molar-refractivity contribution in [2.45, 2.75) is 19.9 Å². The second-order valence-electron chi connectivity index (χ2n) is 3.63. The lowest BCUT2D eigenvalue weighted by atomic mass is 10.0. The number of nitrogens with one attached hydrogen (secondary N) is 1. The molecule has 0 spiro atoms. The van der Waals surface area contributed by atoms with E-state index in [-0.39, 0.29) is 0 Å². The first-order valence-corrected chi connectivity index (χ1v) is 4.95. The van der Waals surface area contributed by atoms with Gasteiger partial charge in [-0.3, -0.25) is 0 Å². The zero-order valence-electron chi connectivity index (χ0n) is 8.41. The fourth-order valence-corrected chi connectivity index (χ4v) is 1.86. The highest BCUT2D eigenvalue weighted by Crippen LogP contribution is 2.29. The molecule has 0 unspecified atom stereocenters. The maximum Gasteiger partial charge on any atom is 0.181 e. The molecule has 2 aromatic heterocycles. The molecule has 0 saturated carbocycles. The number of hydrogen-bond donors (Lipinski definition) is 1. The summed E-state index contributed by atoms with van der Waals surface area (Å²) in [6.45, 7) is 3.60.